The van der Waals surface area contributed by atoms with Gasteiger partial charge in [-0.3, -0.25) is 9.36 Å². The molecule has 0 radical (unpaired) electrons. The van der Waals surface area contributed by atoms with Crippen molar-refractivity contribution in [2.24, 2.45) is 7.05 Å². The van der Waals surface area contributed by atoms with Crippen molar-refractivity contribution in [2.45, 2.75) is 13.5 Å². The minimum absolute atomic E-state index is 0.548. The van der Waals surface area contributed by atoms with Gasteiger partial charge in [-0.05, 0) is 13.0 Å². The molecule has 0 amide bonds. The summed E-state index contributed by atoms with van der Waals surface area (Å²) in [5.74, 6) is 1.54. The largest absolute Gasteiger partial charge is 0.370 e. The number of nitrogens with one attached hydrogen (secondary N) is 1. The predicted octanol–water partition coefficient (Wildman–Crippen LogP) is 1.04. The first kappa shape index (κ1) is 11.6. The monoisotopic (exact) mass is 257 g/mol. The van der Waals surface area contributed by atoms with Crippen molar-refractivity contribution in [1.29, 1.82) is 0 Å². The first-order valence-corrected chi connectivity index (χ1v) is 6.18. The van der Waals surface area contributed by atoms with E-state index in [1.54, 1.807) is 21.8 Å². The van der Waals surface area contributed by atoms with Crippen molar-refractivity contribution >= 4 is 16.9 Å². The predicted molar refractivity (Wildman–Crippen MR) is 71.8 cm³/mol. The quantitative estimate of drug-likeness (QED) is 0.756. The van der Waals surface area contributed by atoms with E-state index in [9.17, 15) is 0 Å². The molecule has 0 spiro atoms. The SMILES string of the molecule is CCNc1nc(Cn2cccn2)nc2c1cnn2C. The number of hydrogen-bond acceptors (Lipinski definition) is 5. The maximum Gasteiger partial charge on any atom is 0.163 e. The fraction of sp³-hybridized carbons (Fsp3) is 0.333. The van der Waals surface area contributed by atoms with E-state index >= 15 is 0 Å². The summed E-state index contributed by atoms with van der Waals surface area (Å²) in [6.07, 6.45) is 5.42. The highest BCUT2D eigenvalue weighted by molar-refractivity contribution is 5.86. The number of hydrogen-bond donors (Lipinski definition) is 1. The van der Waals surface area contributed by atoms with Crippen molar-refractivity contribution in [3.05, 3.63) is 30.5 Å². The second-order valence-corrected chi connectivity index (χ2v) is 4.23. The molecule has 0 aliphatic rings. The van der Waals surface area contributed by atoms with Crippen molar-refractivity contribution in [3.63, 3.8) is 0 Å². The van der Waals surface area contributed by atoms with Gasteiger partial charge in [-0.1, -0.05) is 0 Å². The van der Waals surface area contributed by atoms with Crippen LogP contribution in [0.5, 0.6) is 0 Å². The van der Waals surface area contributed by atoms with Crippen molar-refractivity contribution in [1.82, 2.24) is 29.5 Å². The standard InChI is InChI=1S/C12H15N7/c1-3-13-11-9-7-15-18(2)12(9)17-10(16-11)8-19-6-4-5-14-19/h4-7H,3,8H2,1-2H3,(H,13,16,17). The highest BCUT2D eigenvalue weighted by atomic mass is 15.3. The third-order valence-electron chi connectivity index (χ3n) is 2.85. The Morgan fingerprint density at radius 2 is 2.16 bits per heavy atom. The fourth-order valence-corrected chi connectivity index (χ4v) is 1.98. The van der Waals surface area contributed by atoms with Crippen LogP contribution in [0.3, 0.4) is 0 Å². The molecule has 1 N–H and O–H groups in total. The molecule has 7 nitrogen and oxygen atoms in total. The molecule has 7 heteroatoms. The van der Waals surface area contributed by atoms with Crippen molar-refractivity contribution < 1.29 is 0 Å². The van der Waals surface area contributed by atoms with Gasteiger partial charge in [0.05, 0.1) is 11.6 Å². The molecule has 3 aromatic rings. The average Bonchev–Trinajstić information content (AvgIpc) is 3.01. The summed E-state index contributed by atoms with van der Waals surface area (Å²) >= 11 is 0. The van der Waals surface area contributed by atoms with Crippen molar-refractivity contribution in [2.75, 3.05) is 11.9 Å². The molecule has 0 aliphatic carbocycles. The molecule has 0 bridgehead atoms. The zero-order valence-electron chi connectivity index (χ0n) is 10.9. The number of rotatable bonds is 4. The highest BCUT2D eigenvalue weighted by Gasteiger charge is 2.11. The van der Waals surface area contributed by atoms with Gasteiger partial charge in [-0.25, -0.2) is 9.97 Å². The molecule has 19 heavy (non-hydrogen) atoms. The lowest BCUT2D eigenvalue weighted by Gasteiger charge is -2.07. The second kappa shape index (κ2) is 4.68. The Bertz CT molecular complexity index is 683. The summed E-state index contributed by atoms with van der Waals surface area (Å²) in [5.41, 5.74) is 0.827. The van der Waals surface area contributed by atoms with E-state index in [4.69, 9.17) is 0 Å². The van der Waals surface area contributed by atoms with E-state index in [1.165, 1.54) is 0 Å². The zero-order chi connectivity index (χ0) is 13.2. The molecule has 98 valence electrons. The molecular formula is C12H15N7. The summed E-state index contributed by atoms with van der Waals surface area (Å²) in [6.45, 7) is 3.40. The Labute approximate surface area is 110 Å². The van der Waals surface area contributed by atoms with E-state index in [0.29, 0.717) is 6.54 Å². The lowest BCUT2D eigenvalue weighted by molar-refractivity contribution is 0.655. The number of nitrogens with zero attached hydrogens (tertiary/aromatic N) is 6. The maximum atomic E-state index is 4.54. The molecule has 0 unspecified atom stereocenters. The van der Waals surface area contributed by atoms with Gasteiger partial charge in [0.2, 0.25) is 0 Å². The van der Waals surface area contributed by atoms with E-state index < -0.39 is 0 Å². The lowest BCUT2D eigenvalue weighted by atomic mass is 10.3. The number of anilines is 1. The van der Waals surface area contributed by atoms with Crippen LogP contribution in [0, 0.1) is 0 Å². The summed E-state index contributed by atoms with van der Waals surface area (Å²) in [5, 5.41) is 12.6. The van der Waals surface area contributed by atoms with Crippen LogP contribution >= 0.6 is 0 Å². The van der Waals surface area contributed by atoms with Crippen LogP contribution in [0.25, 0.3) is 11.0 Å². The van der Waals surface area contributed by atoms with Crippen LogP contribution < -0.4 is 5.32 Å². The molecule has 0 aromatic carbocycles. The molecule has 0 saturated carbocycles. The normalized spacial score (nSPS) is 11.1. The average molecular weight is 257 g/mol. The van der Waals surface area contributed by atoms with Gasteiger partial charge in [0, 0.05) is 26.0 Å². The third-order valence-corrected chi connectivity index (χ3v) is 2.85. The van der Waals surface area contributed by atoms with Gasteiger partial charge in [0.1, 0.15) is 12.4 Å². The molecule has 3 rings (SSSR count). The molecule has 0 saturated heterocycles. The van der Waals surface area contributed by atoms with E-state index in [2.05, 4.69) is 25.5 Å². The first-order chi connectivity index (χ1) is 9.28. The Kier molecular flexibility index (Phi) is 2.86. The summed E-state index contributed by atoms with van der Waals surface area (Å²) in [4.78, 5) is 9.08. The van der Waals surface area contributed by atoms with Crippen LogP contribution in [0.4, 0.5) is 5.82 Å². The van der Waals surface area contributed by atoms with E-state index in [0.717, 1.165) is 29.2 Å². The summed E-state index contributed by atoms with van der Waals surface area (Å²) in [6, 6.07) is 1.88. The Morgan fingerprint density at radius 1 is 1.26 bits per heavy atom. The first-order valence-electron chi connectivity index (χ1n) is 6.18. The lowest BCUT2D eigenvalue weighted by Crippen LogP contribution is -2.09. The van der Waals surface area contributed by atoms with Gasteiger partial charge in [-0.15, -0.1) is 0 Å². The fourth-order valence-electron chi connectivity index (χ4n) is 1.98. The Balaban J connectivity index is 2.06. The van der Waals surface area contributed by atoms with Crippen LogP contribution in [-0.4, -0.2) is 36.1 Å². The van der Waals surface area contributed by atoms with Gasteiger partial charge in [0.25, 0.3) is 0 Å². The summed E-state index contributed by atoms with van der Waals surface area (Å²) < 4.78 is 3.55. The Morgan fingerprint density at radius 3 is 2.89 bits per heavy atom. The van der Waals surface area contributed by atoms with Gasteiger partial charge < -0.3 is 5.32 Å². The van der Waals surface area contributed by atoms with Gasteiger partial charge in [0.15, 0.2) is 11.5 Å². The molecule has 3 heterocycles. The number of aryl methyl sites for hydroxylation is 1. The van der Waals surface area contributed by atoms with Gasteiger partial charge >= 0.3 is 0 Å². The van der Waals surface area contributed by atoms with E-state index in [1.807, 2.05) is 26.2 Å². The maximum absolute atomic E-state index is 4.54. The van der Waals surface area contributed by atoms with Gasteiger partial charge in [-0.2, -0.15) is 10.2 Å². The third kappa shape index (κ3) is 2.14. The van der Waals surface area contributed by atoms with Crippen LogP contribution in [0.2, 0.25) is 0 Å². The minimum Gasteiger partial charge on any atom is -0.370 e. The van der Waals surface area contributed by atoms with Crippen LogP contribution in [0.1, 0.15) is 12.7 Å². The van der Waals surface area contributed by atoms with Crippen molar-refractivity contribution in [3.8, 4) is 0 Å². The Hall–Kier alpha value is -2.44. The van der Waals surface area contributed by atoms with Crippen LogP contribution in [0.15, 0.2) is 24.7 Å². The molecule has 0 aliphatic heterocycles. The highest BCUT2D eigenvalue weighted by Crippen LogP contribution is 2.19. The second-order valence-electron chi connectivity index (χ2n) is 4.23. The number of fused-ring (bicyclic) bond motifs is 1. The smallest absolute Gasteiger partial charge is 0.163 e. The molecule has 0 atom stereocenters. The zero-order valence-corrected chi connectivity index (χ0v) is 10.9. The van der Waals surface area contributed by atoms with Crippen LogP contribution in [-0.2, 0) is 13.6 Å². The molecule has 0 fully saturated rings. The minimum atomic E-state index is 0.548. The summed E-state index contributed by atoms with van der Waals surface area (Å²) in [7, 11) is 1.88. The number of aromatic nitrogens is 6. The molecule has 3 aromatic heterocycles. The molecular weight excluding hydrogens is 242 g/mol. The van der Waals surface area contributed by atoms with E-state index in [-0.39, 0.29) is 0 Å². The topological polar surface area (TPSA) is 73.5 Å².